The minimum Gasteiger partial charge on any atom is -0.156 e. The van der Waals surface area contributed by atoms with Gasteiger partial charge in [0.05, 0.1) is 0 Å². The second-order valence-corrected chi connectivity index (χ2v) is 4.73. The molecule has 0 nitrogen and oxygen atoms in total. The van der Waals surface area contributed by atoms with Crippen molar-refractivity contribution in [2.75, 3.05) is 11.6 Å². The summed E-state index contributed by atoms with van der Waals surface area (Å²) in [6.45, 7) is 2.04. The van der Waals surface area contributed by atoms with E-state index in [1.165, 1.54) is 11.1 Å². The van der Waals surface area contributed by atoms with Crippen LogP contribution in [0, 0.1) is 6.92 Å². The van der Waals surface area contributed by atoms with E-state index in [9.17, 15) is 0 Å². The van der Waals surface area contributed by atoms with Gasteiger partial charge in [-0.25, -0.2) is 0 Å². The molecule has 72 valence electrons. The Labute approximate surface area is 93.6 Å². The average molecular weight is 235 g/mol. The molecule has 0 unspecified atom stereocenters. The van der Waals surface area contributed by atoms with Crippen LogP contribution in [0.15, 0.2) is 18.2 Å². The fourth-order valence-corrected chi connectivity index (χ4v) is 2.44. The number of hydrogen-bond donors (Lipinski definition) is 0. The summed E-state index contributed by atoms with van der Waals surface area (Å²) in [4.78, 5) is 0. The van der Waals surface area contributed by atoms with E-state index < -0.39 is 0 Å². The predicted molar refractivity (Wildman–Crippen MR) is 63.1 cm³/mol. The van der Waals surface area contributed by atoms with Gasteiger partial charge in [-0.3, -0.25) is 0 Å². The summed E-state index contributed by atoms with van der Waals surface area (Å²) < 4.78 is 0. The van der Waals surface area contributed by atoms with Gasteiger partial charge in [-0.2, -0.15) is 11.8 Å². The lowest BCUT2D eigenvalue weighted by atomic mass is 10.2. The molecule has 0 saturated carbocycles. The lowest BCUT2D eigenvalue weighted by molar-refractivity contribution is 1.36. The Hall–Kier alpha value is 0.150. The van der Waals surface area contributed by atoms with Crippen molar-refractivity contribution >= 4 is 35.0 Å². The molecule has 13 heavy (non-hydrogen) atoms. The van der Waals surface area contributed by atoms with Crippen LogP contribution < -0.4 is 0 Å². The minimum atomic E-state index is 0.703. The van der Waals surface area contributed by atoms with E-state index in [0.717, 1.165) is 16.5 Å². The smallest absolute Gasteiger partial charge is 0.0449 e. The van der Waals surface area contributed by atoms with Crippen molar-refractivity contribution in [3.63, 3.8) is 0 Å². The SMILES string of the molecule is Cc1ccc(CSCCCl)c(Cl)c1. The molecular formula is C10H12Cl2S. The Kier molecular flexibility index (Phi) is 5.00. The first-order valence-corrected chi connectivity index (χ1v) is 6.19. The predicted octanol–water partition coefficient (Wildman–Crippen LogP) is 4.12. The number of hydrogen-bond acceptors (Lipinski definition) is 1. The van der Waals surface area contributed by atoms with Gasteiger partial charge >= 0.3 is 0 Å². The normalized spacial score (nSPS) is 10.4. The van der Waals surface area contributed by atoms with E-state index in [2.05, 4.69) is 12.1 Å². The van der Waals surface area contributed by atoms with Crippen LogP contribution in [0.5, 0.6) is 0 Å². The average Bonchev–Trinajstić information content (AvgIpc) is 2.09. The molecule has 1 rings (SSSR count). The zero-order valence-electron chi connectivity index (χ0n) is 7.52. The van der Waals surface area contributed by atoms with E-state index in [1.54, 1.807) is 0 Å². The van der Waals surface area contributed by atoms with Gasteiger partial charge < -0.3 is 0 Å². The van der Waals surface area contributed by atoms with Gasteiger partial charge in [0, 0.05) is 22.4 Å². The second kappa shape index (κ2) is 5.79. The molecule has 0 bridgehead atoms. The zero-order valence-corrected chi connectivity index (χ0v) is 9.85. The number of rotatable bonds is 4. The molecule has 0 heterocycles. The second-order valence-electron chi connectivity index (χ2n) is 2.84. The Morgan fingerprint density at radius 1 is 1.38 bits per heavy atom. The molecule has 3 heteroatoms. The van der Waals surface area contributed by atoms with Crippen molar-refractivity contribution < 1.29 is 0 Å². The molecule has 1 aromatic rings. The van der Waals surface area contributed by atoms with Crippen LogP contribution in [0.1, 0.15) is 11.1 Å². The Morgan fingerprint density at radius 3 is 2.77 bits per heavy atom. The fraction of sp³-hybridized carbons (Fsp3) is 0.400. The van der Waals surface area contributed by atoms with E-state index >= 15 is 0 Å². The topological polar surface area (TPSA) is 0 Å². The van der Waals surface area contributed by atoms with Crippen molar-refractivity contribution in [1.82, 2.24) is 0 Å². The third-order valence-electron chi connectivity index (χ3n) is 1.69. The first-order chi connectivity index (χ1) is 6.24. The third-order valence-corrected chi connectivity index (χ3v) is 3.46. The molecule has 0 radical (unpaired) electrons. The van der Waals surface area contributed by atoms with Crippen molar-refractivity contribution in [3.8, 4) is 0 Å². The molecule has 0 aliphatic rings. The summed E-state index contributed by atoms with van der Waals surface area (Å²) in [7, 11) is 0. The Balaban J connectivity index is 2.56. The van der Waals surface area contributed by atoms with Gasteiger partial charge in [-0.15, -0.1) is 11.6 Å². The largest absolute Gasteiger partial charge is 0.156 e. The molecule has 0 spiro atoms. The molecule has 0 atom stereocenters. The Morgan fingerprint density at radius 2 is 2.15 bits per heavy atom. The maximum Gasteiger partial charge on any atom is 0.0449 e. The highest BCUT2D eigenvalue weighted by Gasteiger charge is 1.99. The third kappa shape index (κ3) is 3.80. The van der Waals surface area contributed by atoms with E-state index in [1.807, 2.05) is 24.8 Å². The molecule has 1 aromatic carbocycles. The molecule has 0 fully saturated rings. The highest BCUT2D eigenvalue weighted by Crippen LogP contribution is 2.22. The molecule has 0 aliphatic carbocycles. The van der Waals surface area contributed by atoms with Crippen molar-refractivity contribution in [2.24, 2.45) is 0 Å². The van der Waals surface area contributed by atoms with Crippen LogP contribution in [0.25, 0.3) is 0 Å². The number of benzene rings is 1. The van der Waals surface area contributed by atoms with Crippen LogP contribution >= 0.6 is 35.0 Å². The van der Waals surface area contributed by atoms with Crippen molar-refractivity contribution in [1.29, 1.82) is 0 Å². The molecular weight excluding hydrogens is 223 g/mol. The van der Waals surface area contributed by atoms with Crippen molar-refractivity contribution in [3.05, 3.63) is 34.3 Å². The van der Waals surface area contributed by atoms with E-state index in [0.29, 0.717) is 5.88 Å². The van der Waals surface area contributed by atoms with Crippen LogP contribution in [0.2, 0.25) is 5.02 Å². The first kappa shape index (κ1) is 11.2. The van der Waals surface area contributed by atoms with Crippen LogP contribution in [0.4, 0.5) is 0 Å². The van der Waals surface area contributed by atoms with Crippen LogP contribution in [-0.4, -0.2) is 11.6 Å². The van der Waals surface area contributed by atoms with E-state index in [-0.39, 0.29) is 0 Å². The Bertz CT molecular complexity index is 274. The molecule has 0 aliphatic heterocycles. The number of aryl methyl sites for hydroxylation is 1. The highest BCUT2D eigenvalue weighted by atomic mass is 35.5. The van der Waals surface area contributed by atoms with E-state index in [4.69, 9.17) is 23.2 Å². The summed E-state index contributed by atoms with van der Waals surface area (Å²) in [5, 5.41) is 0.863. The molecule has 0 saturated heterocycles. The number of thioether (sulfide) groups is 1. The molecule has 0 aromatic heterocycles. The monoisotopic (exact) mass is 234 g/mol. The van der Waals surface area contributed by atoms with Gasteiger partial charge in [-0.05, 0) is 24.1 Å². The summed E-state index contributed by atoms with van der Waals surface area (Å²) >= 11 is 13.5. The lowest BCUT2D eigenvalue weighted by Crippen LogP contribution is -1.86. The highest BCUT2D eigenvalue weighted by molar-refractivity contribution is 7.98. The van der Waals surface area contributed by atoms with Gasteiger partial charge in [0.1, 0.15) is 0 Å². The number of halogens is 2. The summed E-state index contributed by atoms with van der Waals surface area (Å²) in [6.07, 6.45) is 0. The van der Waals surface area contributed by atoms with Crippen molar-refractivity contribution in [2.45, 2.75) is 12.7 Å². The fourth-order valence-electron chi connectivity index (χ4n) is 1.01. The minimum absolute atomic E-state index is 0.703. The van der Waals surface area contributed by atoms with Gasteiger partial charge in [-0.1, -0.05) is 23.7 Å². The molecule has 0 N–H and O–H groups in total. The van der Waals surface area contributed by atoms with Gasteiger partial charge in [0.25, 0.3) is 0 Å². The maximum atomic E-state index is 6.06. The van der Waals surface area contributed by atoms with Gasteiger partial charge in [0.15, 0.2) is 0 Å². The zero-order chi connectivity index (χ0) is 9.68. The van der Waals surface area contributed by atoms with Gasteiger partial charge in [0.2, 0.25) is 0 Å². The summed E-state index contributed by atoms with van der Waals surface area (Å²) in [5.74, 6) is 2.63. The molecule has 0 amide bonds. The standard InChI is InChI=1S/C10H12Cl2S/c1-8-2-3-9(10(12)6-8)7-13-5-4-11/h2-3,6H,4-5,7H2,1H3. The summed E-state index contributed by atoms with van der Waals surface area (Å²) in [6, 6.07) is 6.17. The maximum absolute atomic E-state index is 6.06. The van der Waals surface area contributed by atoms with Crippen LogP contribution in [-0.2, 0) is 5.75 Å². The quantitative estimate of drug-likeness (QED) is 0.558. The summed E-state index contributed by atoms with van der Waals surface area (Å²) in [5.41, 5.74) is 2.40. The van der Waals surface area contributed by atoms with Crippen LogP contribution in [0.3, 0.4) is 0 Å². The first-order valence-electron chi connectivity index (χ1n) is 4.13. The lowest BCUT2D eigenvalue weighted by Gasteiger charge is -2.03. The number of alkyl halides is 1.